The topological polar surface area (TPSA) is 74.7 Å². The molecule has 0 radical (unpaired) electrons. The smallest absolute Gasteiger partial charge is 0.147 e. The van der Waals surface area contributed by atoms with Gasteiger partial charge in [0.25, 0.3) is 0 Å². The summed E-state index contributed by atoms with van der Waals surface area (Å²) in [7, 11) is 0. The number of nitriles is 1. The molecule has 1 fully saturated rings. The average molecular weight is 308 g/mol. The van der Waals surface area contributed by atoms with Gasteiger partial charge in [0.05, 0.1) is 35.5 Å². The Bertz CT molecular complexity index is 953. The quantitative estimate of drug-likeness (QED) is 0.807. The van der Waals surface area contributed by atoms with Gasteiger partial charge < -0.3 is 9.67 Å². The molecule has 0 spiro atoms. The highest BCUT2D eigenvalue weighted by Gasteiger charge is 2.30. The Hall–Kier alpha value is -2.78. The molecule has 0 aliphatic heterocycles. The number of fused-ring (bicyclic) bond motifs is 1. The molecule has 23 heavy (non-hydrogen) atoms. The third-order valence-electron chi connectivity index (χ3n) is 4.13. The summed E-state index contributed by atoms with van der Waals surface area (Å²) in [6, 6.07) is 7.73. The molecule has 114 valence electrons. The van der Waals surface area contributed by atoms with Gasteiger partial charge in [-0.25, -0.2) is 9.37 Å². The first kappa shape index (κ1) is 13.9. The molecule has 0 bridgehead atoms. The van der Waals surface area contributed by atoms with Gasteiger partial charge in [-0.3, -0.25) is 4.98 Å². The van der Waals surface area contributed by atoms with Crippen LogP contribution in [0.2, 0.25) is 0 Å². The van der Waals surface area contributed by atoms with Crippen molar-refractivity contribution < 1.29 is 9.50 Å². The molecular weight excluding hydrogens is 295 g/mol. The molecule has 4 rings (SSSR count). The molecule has 2 aromatic heterocycles. The van der Waals surface area contributed by atoms with Crippen LogP contribution in [0.3, 0.4) is 0 Å². The molecule has 1 aliphatic rings. The Morgan fingerprint density at radius 3 is 2.87 bits per heavy atom. The minimum Gasteiger partial charge on any atom is -0.392 e. The molecule has 1 aliphatic carbocycles. The van der Waals surface area contributed by atoms with Crippen LogP contribution in [0.5, 0.6) is 0 Å². The van der Waals surface area contributed by atoms with Gasteiger partial charge in [-0.15, -0.1) is 0 Å². The molecule has 5 nitrogen and oxygen atoms in total. The molecule has 6 heteroatoms. The summed E-state index contributed by atoms with van der Waals surface area (Å²) in [5.41, 5.74) is 2.85. The number of imidazole rings is 1. The van der Waals surface area contributed by atoms with Crippen molar-refractivity contribution in [2.75, 3.05) is 0 Å². The number of halogens is 1. The zero-order valence-corrected chi connectivity index (χ0v) is 12.2. The van der Waals surface area contributed by atoms with Gasteiger partial charge in [-0.2, -0.15) is 5.26 Å². The van der Waals surface area contributed by atoms with Crippen molar-refractivity contribution in [3.8, 4) is 17.5 Å². The van der Waals surface area contributed by atoms with Crippen molar-refractivity contribution in [1.82, 2.24) is 14.5 Å². The third kappa shape index (κ3) is 2.17. The lowest BCUT2D eigenvalue weighted by Crippen LogP contribution is -2.02. The normalized spacial score (nSPS) is 14.1. The summed E-state index contributed by atoms with van der Waals surface area (Å²) in [6.07, 6.45) is 4.66. The first-order valence-corrected chi connectivity index (χ1v) is 7.38. The van der Waals surface area contributed by atoms with E-state index in [1.54, 1.807) is 18.2 Å². The van der Waals surface area contributed by atoms with Crippen molar-refractivity contribution in [2.24, 2.45) is 0 Å². The lowest BCUT2D eigenvalue weighted by Gasteiger charge is -2.11. The van der Waals surface area contributed by atoms with E-state index in [1.807, 2.05) is 4.57 Å². The Kier molecular flexibility index (Phi) is 3.10. The highest BCUT2D eigenvalue weighted by atomic mass is 19.1. The number of hydrogen-bond acceptors (Lipinski definition) is 4. The number of pyridine rings is 1. The van der Waals surface area contributed by atoms with E-state index in [1.165, 1.54) is 6.20 Å². The molecule has 0 atom stereocenters. The lowest BCUT2D eigenvalue weighted by atomic mass is 10.1. The molecule has 1 saturated carbocycles. The van der Waals surface area contributed by atoms with Crippen LogP contribution in [0.1, 0.15) is 30.0 Å². The Morgan fingerprint density at radius 2 is 2.17 bits per heavy atom. The summed E-state index contributed by atoms with van der Waals surface area (Å²) in [4.78, 5) is 8.51. The van der Waals surface area contributed by atoms with Crippen LogP contribution in [0.25, 0.3) is 22.4 Å². The molecule has 0 amide bonds. The summed E-state index contributed by atoms with van der Waals surface area (Å²) < 4.78 is 16.0. The van der Waals surface area contributed by atoms with Crippen molar-refractivity contribution in [1.29, 1.82) is 5.26 Å². The maximum atomic E-state index is 14.0. The van der Waals surface area contributed by atoms with E-state index in [0.29, 0.717) is 23.0 Å². The summed E-state index contributed by atoms with van der Waals surface area (Å²) in [6.45, 7) is -0.416. The largest absolute Gasteiger partial charge is 0.392 e. The van der Waals surface area contributed by atoms with Crippen LogP contribution >= 0.6 is 0 Å². The lowest BCUT2D eigenvalue weighted by molar-refractivity contribution is 0.276. The maximum Gasteiger partial charge on any atom is 0.147 e. The fraction of sp³-hybridized carbons (Fsp3) is 0.235. The van der Waals surface area contributed by atoms with Gasteiger partial charge in [0.15, 0.2) is 0 Å². The van der Waals surface area contributed by atoms with Gasteiger partial charge in [0, 0.05) is 23.4 Å². The molecule has 3 aromatic rings. The standard InChI is InChI=1S/C17H13FN4O/c18-14-8-20-7-12(13(14)9-23)17-21-15-4-1-10(6-19)5-16(15)22(17)11-2-3-11/h1,4-5,7-8,11,23H,2-3,9H2. The second-order valence-electron chi connectivity index (χ2n) is 5.66. The predicted molar refractivity (Wildman–Crippen MR) is 81.8 cm³/mol. The molecular formula is C17H13FN4O. The van der Waals surface area contributed by atoms with Crippen LogP contribution < -0.4 is 0 Å². The van der Waals surface area contributed by atoms with E-state index in [2.05, 4.69) is 16.0 Å². The zero-order valence-electron chi connectivity index (χ0n) is 12.2. The second-order valence-corrected chi connectivity index (χ2v) is 5.66. The van der Waals surface area contributed by atoms with E-state index in [0.717, 1.165) is 30.1 Å². The number of nitrogens with zero attached hydrogens (tertiary/aromatic N) is 4. The summed E-state index contributed by atoms with van der Waals surface area (Å²) in [5.74, 6) is 0.0470. The van der Waals surface area contributed by atoms with Crippen LogP contribution in [-0.4, -0.2) is 19.6 Å². The van der Waals surface area contributed by atoms with E-state index in [4.69, 9.17) is 5.26 Å². The average Bonchev–Trinajstić information content (AvgIpc) is 3.34. The SMILES string of the molecule is N#Cc1ccc2nc(-c3cncc(F)c3CO)n(C3CC3)c2c1. The van der Waals surface area contributed by atoms with Gasteiger partial charge >= 0.3 is 0 Å². The fourth-order valence-electron chi connectivity index (χ4n) is 2.87. The Labute approximate surface area is 131 Å². The molecule has 1 N–H and O–H groups in total. The maximum absolute atomic E-state index is 14.0. The van der Waals surface area contributed by atoms with Gasteiger partial charge in [0.1, 0.15) is 11.6 Å². The first-order chi connectivity index (χ1) is 11.2. The predicted octanol–water partition coefficient (Wildman–Crippen LogP) is 2.94. The molecule has 2 heterocycles. The third-order valence-corrected chi connectivity index (χ3v) is 4.13. The number of aliphatic hydroxyl groups is 1. The minimum absolute atomic E-state index is 0.192. The molecule has 0 unspecified atom stereocenters. The van der Waals surface area contributed by atoms with Gasteiger partial charge in [0.2, 0.25) is 0 Å². The van der Waals surface area contributed by atoms with Crippen molar-refractivity contribution in [3.63, 3.8) is 0 Å². The number of benzene rings is 1. The molecule has 0 saturated heterocycles. The number of hydrogen-bond donors (Lipinski definition) is 1. The van der Waals surface area contributed by atoms with Gasteiger partial charge in [-0.1, -0.05) is 0 Å². The fourth-order valence-corrected chi connectivity index (χ4v) is 2.87. The minimum atomic E-state index is -0.544. The van der Waals surface area contributed by atoms with Crippen LogP contribution in [0.4, 0.5) is 4.39 Å². The van der Waals surface area contributed by atoms with E-state index in [9.17, 15) is 9.50 Å². The van der Waals surface area contributed by atoms with Crippen LogP contribution in [0, 0.1) is 17.1 Å². The highest BCUT2D eigenvalue weighted by molar-refractivity contribution is 5.82. The Balaban J connectivity index is 2.03. The van der Waals surface area contributed by atoms with Crippen LogP contribution in [0.15, 0.2) is 30.6 Å². The zero-order chi connectivity index (χ0) is 16.0. The monoisotopic (exact) mass is 308 g/mol. The highest BCUT2D eigenvalue weighted by Crippen LogP contribution is 2.42. The van der Waals surface area contributed by atoms with E-state index >= 15 is 0 Å². The van der Waals surface area contributed by atoms with E-state index in [-0.39, 0.29) is 5.56 Å². The Morgan fingerprint density at radius 1 is 1.35 bits per heavy atom. The van der Waals surface area contributed by atoms with E-state index < -0.39 is 12.4 Å². The summed E-state index contributed by atoms with van der Waals surface area (Å²) >= 11 is 0. The van der Waals surface area contributed by atoms with Gasteiger partial charge in [-0.05, 0) is 31.0 Å². The molecule has 1 aromatic carbocycles. The first-order valence-electron chi connectivity index (χ1n) is 7.38. The van der Waals surface area contributed by atoms with Crippen molar-refractivity contribution >= 4 is 11.0 Å². The summed E-state index contributed by atoms with van der Waals surface area (Å²) in [5, 5.41) is 18.6. The van der Waals surface area contributed by atoms with Crippen LogP contribution in [-0.2, 0) is 6.61 Å². The van der Waals surface area contributed by atoms with Crippen molar-refractivity contribution in [3.05, 3.63) is 47.5 Å². The second kappa shape index (κ2) is 5.14. The number of aliphatic hydroxyl groups excluding tert-OH is 1. The number of rotatable bonds is 3. The van der Waals surface area contributed by atoms with Crippen molar-refractivity contribution in [2.45, 2.75) is 25.5 Å². The number of aromatic nitrogens is 3.